The number of nitrogens with one attached hydrogen (secondary N) is 1. The van der Waals surface area contributed by atoms with Gasteiger partial charge in [-0.25, -0.2) is 0 Å². The molecule has 0 aliphatic heterocycles. The van der Waals surface area contributed by atoms with Gasteiger partial charge in [0.05, 0.1) is 7.11 Å². The molecule has 0 saturated heterocycles. The number of methoxy groups -OCH3 is 1. The van der Waals surface area contributed by atoms with E-state index in [1.54, 1.807) is 42.6 Å². The summed E-state index contributed by atoms with van der Waals surface area (Å²) in [6.07, 6.45) is 6.30. The molecule has 0 fully saturated rings. The zero-order valence-electron chi connectivity index (χ0n) is 16.8. The maximum absolute atomic E-state index is 12.2. The van der Waals surface area contributed by atoms with Crippen molar-refractivity contribution in [2.45, 2.75) is 6.92 Å². The Morgan fingerprint density at radius 1 is 1.07 bits per heavy atom. The first-order valence-electron chi connectivity index (χ1n) is 9.35. The fourth-order valence-electron chi connectivity index (χ4n) is 2.66. The van der Waals surface area contributed by atoms with Gasteiger partial charge in [-0.1, -0.05) is 29.8 Å². The second kappa shape index (κ2) is 10.0. The number of carbonyl (C=O) groups excluding carboxylic acids is 2. The van der Waals surface area contributed by atoms with Gasteiger partial charge in [0.15, 0.2) is 23.9 Å². The molecule has 152 valence electrons. The lowest BCUT2D eigenvalue weighted by Gasteiger charge is -2.11. The molecule has 2 aromatic carbocycles. The van der Waals surface area contributed by atoms with Crippen LogP contribution in [0.4, 0.5) is 5.69 Å². The molecule has 6 heteroatoms. The standard InChI is InChI=1S/C24H22N2O4/c1-17-5-9-20(10-6-17)26-24(28)16-30-22-12-8-18(14-23(22)29-2)7-11-21(27)19-4-3-13-25-15-19/h3-15H,16H2,1-2H3,(H,26,28)/b11-7+. The van der Waals surface area contributed by atoms with Crippen molar-refractivity contribution in [3.8, 4) is 11.5 Å². The van der Waals surface area contributed by atoms with Crippen LogP contribution in [-0.2, 0) is 4.79 Å². The molecule has 0 unspecified atom stereocenters. The van der Waals surface area contributed by atoms with E-state index in [9.17, 15) is 9.59 Å². The molecule has 30 heavy (non-hydrogen) atoms. The van der Waals surface area contributed by atoms with Gasteiger partial charge in [-0.05, 0) is 55.0 Å². The molecule has 6 nitrogen and oxygen atoms in total. The van der Waals surface area contributed by atoms with Gasteiger partial charge in [0.2, 0.25) is 0 Å². The Labute approximate surface area is 175 Å². The number of pyridine rings is 1. The zero-order chi connectivity index (χ0) is 21.3. The summed E-state index contributed by atoms with van der Waals surface area (Å²) >= 11 is 0. The monoisotopic (exact) mass is 402 g/mol. The number of aromatic nitrogens is 1. The molecule has 0 atom stereocenters. The molecule has 1 amide bonds. The number of benzene rings is 2. The first-order chi connectivity index (χ1) is 14.5. The van der Waals surface area contributed by atoms with Crippen LogP contribution in [0.15, 0.2) is 73.1 Å². The van der Waals surface area contributed by atoms with Gasteiger partial charge in [0, 0.05) is 23.6 Å². The molecule has 1 aromatic heterocycles. The van der Waals surface area contributed by atoms with E-state index in [1.807, 2.05) is 31.2 Å². The van der Waals surface area contributed by atoms with E-state index in [-0.39, 0.29) is 18.3 Å². The molecule has 0 saturated carbocycles. The van der Waals surface area contributed by atoms with E-state index < -0.39 is 0 Å². The fraction of sp³-hybridized carbons (Fsp3) is 0.125. The van der Waals surface area contributed by atoms with E-state index in [0.29, 0.717) is 22.7 Å². The summed E-state index contributed by atoms with van der Waals surface area (Å²) in [4.78, 5) is 28.2. The van der Waals surface area contributed by atoms with Gasteiger partial charge >= 0.3 is 0 Å². The Morgan fingerprint density at radius 2 is 1.87 bits per heavy atom. The number of amides is 1. The molecule has 0 bridgehead atoms. The minimum Gasteiger partial charge on any atom is -0.493 e. The van der Waals surface area contributed by atoms with Crippen molar-refractivity contribution < 1.29 is 19.1 Å². The van der Waals surface area contributed by atoms with Crippen molar-refractivity contribution in [2.24, 2.45) is 0 Å². The first kappa shape index (κ1) is 20.8. The van der Waals surface area contributed by atoms with Crippen molar-refractivity contribution in [3.05, 3.63) is 89.8 Å². The SMILES string of the molecule is COc1cc(/C=C/C(=O)c2cccnc2)ccc1OCC(=O)Nc1ccc(C)cc1. The largest absolute Gasteiger partial charge is 0.493 e. The zero-order valence-corrected chi connectivity index (χ0v) is 16.8. The molecule has 1 heterocycles. The van der Waals surface area contributed by atoms with E-state index in [0.717, 1.165) is 11.1 Å². The van der Waals surface area contributed by atoms with Crippen LogP contribution in [0, 0.1) is 6.92 Å². The van der Waals surface area contributed by atoms with Crippen LogP contribution in [0.3, 0.4) is 0 Å². The minimum absolute atomic E-state index is 0.143. The molecule has 1 N–H and O–H groups in total. The summed E-state index contributed by atoms with van der Waals surface area (Å²) in [5.74, 6) is 0.489. The molecule has 0 radical (unpaired) electrons. The van der Waals surface area contributed by atoms with Crippen molar-refractivity contribution in [1.29, 1.82) is 0 Å². The predicted octanol–water partition coefficient (Wildman–Crippen LogP) is 4.31. The van der Waals surface area contributed by atoms with Gasteiger partial charge in [-0.3, -0.25) is 14.6 Å². The number of anilines is 1. The molecule has 0 aliphatic rings. The first-order valence-corrected chi connectivity index (χ1v) is 9.35. The number of ketones is 1. The van der Waals surface area contributed by atoms with Gasteiger partial charge < -0.3 is 14.8 Å². The highest BCUT2D eigenvalue weighted by molar-refractivity contribution is 6.06. The molecule has 3 rings (SSSR count). The summed E-state index contributed by atoms with van der Waals surface area (Å²) in [5.41, 5.74) is 3.10. The molecule has 0 spiro atoms. The van der Waals surface area contributed by atoms with E-state index >= 15 is 0 Å². The number of hydrogen-bond donors (Lipinski definition) is 1. The van der Waals surface area contributed by atoms with E-state index in [2.05, 4.69) is 10.3 Å². The summed E-state index contributed by atoms with van der Waals surface area (Å²) in [7, 11) is 1.52. The Morgan fingerprint density at radius 3 is 2.57 bits per heavy atom. The smallest absolute Gasteiger partial charge is 0.262 e. The number of rotatable bonds is 8. The van der Waals surface area contributed by atoms with Gasteiger partial charge in [-0.15, -0.1) is 0 Å². The van der Waals surface area contributed by atoms with Crippen molar-refractivity contribution in [3.63, 3.8) is 0 Å². The molecular formula is C24H22N2O4. The Hall–Kier alpha value is -3.93. The van der Waals surface area contributed by atoms with Crippen LogP contribution in [0.5, 0.6) is 11.5 Å². The number of hydrogen-bond acceptors (Lipinski definition) is 5. The topological polar surface area (TPSA) is 77.5 Å². The number of nitrogens with zero attached hydrogens (tertiary/aromatic N) is 1. The normalized spacial score (nSPS) is 10.6. The van der Waals surface area contributed by atoms with Crippen LogP contribution in [-0.4, -0.2) is 30.4 Å². The minimum atomic E-state index is -0.271. The van der Waals surface area contributed by atoms with Crippen LogP contribution < -0.4 is 14.8 Å². The lowest BCUT2D eigenvalue weighted by molar-refractivity contribution is -0.118. The second-order valence-electron chi connectivity index (χ2n) is 6.55. The summed E-state index contributed by atoms with van der Waals surface area (Å²) < 4.78 is 11.0. The average Bonchev–Trinajstić information content (AvgIpc) is 2.78. The van der Waals surface area contributed by atoms with Gasteiger partial charge in [-0.2, -0.15) is 0 Å². The summed E-state index contributed by atoms with van der Waals surface area (Å²) in [6.45, 7) is 1.83. The third kappa shape index (κ3) is 5.78. The third-order valence-electron chi connectivity index (χ3n) is 4.25. The quantitative estimate of drug-likeness (QED) is 0.449. The van der Waals surface area contributed by atoms with Gasteiger partial charge in [0.25, 0.3) is 5.91 Å². The third-order valence-corrected chi connectivity index (χ3v) is 4.25. The predicted molar refractivity (Wildman–Crippen MR) is 116 cm³/mol. The van der Waals surface area contributed by atoms with Crippen LogP contribution >= 0.6 is 0 Å². The summed E-state index contributed by atoms with van der Waals surface area (Å²) in [5, 5.41) is 2.78. The Kier molecular flexibility index (Phi) is 6.95. The Balaban J connectivity index is 1.61. The fourth-order valence-corrected chi connectivity index (χ4v) is 2.66. The lowest BCUT2D eigenvalue weighted by Crippen LogP contribution is -2.20. The average molecular weight is 402 g/mol. The maximum atomic E-state index is 12.2. The van der Waals surface area contributed by atoms with Crippen LogP contribution in [0.1, 0.15) is 21.5 Å². The Bertz CT molecular complexity index is 1040. The summed E-state index contributed by atoms with van der Waals surface area (Å²) in [6, 6.07) is 16.2. The van der Waals surface area contributed by atoms with Crippen LogP contribution in [0.2, 0.25) is 0 Å². The molecular weight excluding hydrogens is 380 g/mol. The molecule has 3 aromatic rings. The van der Waals surface area contributed by atoms with Crippen molar-refractivity contribution in [1.82, 2.24) is 4.98 Å². The highest BCUT2D eigenvalue weighted by Gasteiger charge is 2.09. The van der Waals surface area contributed by atoms with Crippen molar-refractivity contribution in [2.75, 3.05) is 19.0 Å². The number of allylic oxidation sites excluding steroid dienone is 1. The van der Waals surface area contributed by atoms with Crippen molar-refractivity contribution >= 4 is 23.5 Å². The van der Waals surface area contributed by atoms with E-state index in [1.165, 1.54) is 19.4 Å². The number of carbonyl (C=O) groups is 2. The molecule has 0 aliphatic carbocycles. The lowest BCUT2D eigenvalue weighted by atomic mass is 10.1. The second-order valence-corrected chi connectivity index (χ2v) is 6.55. The highest BCUT2D eigenvalue weighted by atomic mass is 16.5. The maximum Gasteiger partial charge on any atom is 0.262 e. The highest BCUT2D eigenvalue weighted by Crippen LogP contribution is 2.28. The number of aryl methyl sites for hydroxylation is 1. The van der Waals surface area contributed by atoms with Crippen LogP contribution in [0.25, 0.3) is 6.08 Å². The van der Waals surface area contributed by atoms with Gasteiger partial charge in [0.1, 0.15) is 0 Å². The van der Waals surface area contributed by atoms with E-state index in [4.69, 9.17) is 9.47 Å². The number of ether oxygens (including phenoxy) is 2.